The Balaban J connectivity index is 1.61. The standard InChI is InChI=1S/C17H22F2N4O/c1-11(14-4-5-15(18)16(19)10-14)22-6-8-23(9-7-22)12(2)17-20-13(3)21-24-17/h4-5,10-12H,6-9H2,1-3H3/t11-,12+/m1/s1. The summed E-state index contributed by atoms with van der Waals surface area (Å²) in [6, 6.07) is 4.25. The molecule has 0 aliphatic carbocycles. The van der Waals surface area contributed by atoms with Crippen LogP contribution in [0, 0.1) is 18.6 Å². The molecule has 0 saturated carbocycles. The van der Waals surface area contributed by atoms with E-state index in [1.54, 1.807) is 13.0 Å². The summed E-state index contributed by atoms with van der Waals surface area (Å²) >= 11 is 0. The molecule has 1 fully saturated rings. The van der Waals surface area contributed by atoms with Crippen LogP contribution in [-0.2, 0) is 0 Å². The highest BCUT2D eigenvalue weighted by Crippen LogP contribution is 2.26. The van der Waals surface area contributed by atoms with Crippen molar-refractivity contribution in [1.82, 2.24) is 19.9 Å². The monoisotopic (exact) mass is 336 g/mol. The van der Waals surface area contributed by atoms with Crippen LogP contribution in [0.25, 0.3) is 0 Å². The van der Waals surface area contributed by atoms with Crippen molar-refractivity contribution in [3.8, 4) is 0 Å². The Morgan fingerprint density at radius 1 is 1.00 bits per heavy atom. The molecule has 7 heteroatoms. The third-order valence-electron chi connectivity index (χ3n) is 4.77. The lowest BCUT2D eigenvalue weighted by molar-refractivity contribution is 0.0676. The largest absolute Gasteiger partial charge is 0.338 e. The van der Waals surface area contributed by atoms with E-state index in [2.05, 4.69) is 26.9 Å². The van der Waals surface area contributed by atoms with Gasteiger partial charge in [0, 0.05) is 32.2 Å². The van der Waals surface area contributed by atoms with Crippen molar-refractivity contribution >= 4 is 0 Å². The van der Waals surface area contributed by atoms with Crippen LogP contribution in [0.4, 0.5) is 8.78 Å². The molecule has 0 N–H and O–H groups in total. The first kappa shape index (κ1) is 17.0. The predicted octanol–water partition coefficient (Wildman–Crippen LogP) is 3.10. The fourth-order valence-corrected chi connectivity index (χ4v) is 3.13. The average Bonchev–Trinajstić information content (AvgIpc) is 3.02. The molecule has 2 heterocycles. The van der Waals surface area contributed by atoms with Gasteiger partial charge in [-0.15, -0.1) is 0 Å². The number of hydrogen-bond donors (Lipinski definition) is 0. The number of benzene rings is 1. The molecule has 1 aromatic heterocycles. The SMILES string of the molecule is Cc1noc([C@H](C)N2CCN([C@H](C)c3ccc(F)c(F)c3)CC2)n1. The predicted molar refractivity (Wildman–Crippen MR) is 85.4 cm³/mol. The molecule has 130 valence electrons. The molecule has 2 atom stereocenters. The molecule has 0 spiro atoms. The number of halogens is 2. The van der Waals surface area contributed by atoms with Crippen LogP contribution in [0.2, 0.25) is 0 Å². The fraction of sp³-hybridized carbons (Fsp3) is 0.529. The van der Waals surface area contributed by atoms with E-state index in [4.69, 9.17) is 4.52 Å². The van der Waals surface area contributed by atoms with Gasteiger partial charge in [-0.25, -0.2) is 8.78 Å². The molecule has 1 aliphatic rings. The van der Waals surface area contributed by atoms with E-state index in [0.29, 0.717) is 11.7 Å². The Morgan fingerprint density at radius 3 is 2.17 bits per heavy atom. The van der Waals surface area contributed by atoms with Gasteiger partial charge in [-0.2, -0.15) is 4.98 Å². The third-order valence-corrected chi connectivity index (χ3v) is 4.77. The lowest BCUT2D eigenvalue weighted by Gasteiger charge is -2.39. The van der Waals surface area contributed by atoms with Crippen LogP contribution in [0.1, 0.15) is 43.2 Å². The van der Waals surface area contributed by atoms with Gasteiger partial charge in [0.2, 0.25) is 5.89 Å². The quantitative estimate of drug-likeness (QED) is 0.858. The van der Waals surface area contributed by atoms with Crippen LogP contribution < -0.4 is 0 Å². The summed E-state index contributed by atoms with van der Waals surface area (Å²) in [5, 5.41) is 3.84. The smallest absolute Gasteiger partial charge is 0.243 e. The summed E-state index contributed by atoms with van der Waals surface area (Å²) in [4.78, 5) is 8.86. The van der Waals surface area contributed by atoms with Gasteiger partial charge in [0.05, 0.1) is 6.04 Å². The molecule has 1 saturated heterocycles. The highest BCUT2D eigenvalue weighted by Gasteiger charge is 2.27. The van der Waals surface area contributed by atoms with Crippen LogP contribution in [-0.4, -0.2) is 46.1 Å². The van der Waals surface area contributed by atoms with Crippen molar-refractivity contribution < 1.29 is 13.3 Å². The second-order valence-corrected chi connectivity index (χ2v) is 6.28. The van der Waals surface area contributed by atoms with E-state index in [9.17, 15) is 8.78 Å². The topological polar surface area (TPSA) is 45.4 Å². The molecule has 0 radical (unpaired) electrons. The highest BCUT2D eigenvalue weighted by atomic mass is 19.2. The van der Waals surface area contributed by atoms with Crippen molar-refractivity contribution in [2.45, 2.75) is 32.9 Å². The molecule has 3 rings (SSSR count). The minimum absolute atomic E-state index is 0.0446. The number of rotatable bonds is 4. The first-order valence-corrected chi connectivity index (χ1v) is 8.19. The first-order chi connectivity index (χ1) is 11.5. The minimum atomic E-state index is -0.806. The van der Waals surface area contributed by atoms with Gasteiger partial charge in [-0.05, 0) is 38.5 Å². The van der Waals surface area contributed by atoms with Crippen LogP contribution >= 0.6 is 0 Å². The Labute approximate surface area is 140 Å². The Bertz CT molecular complexity index is 698. The first-order valence-electron chi connectivity index (χ1n) is 8.19. The lowest BCUT2D eigenvalue weighted by Crippen LogP contribution is -2.47. The summed E-state index contributed by atoms with van der Waals surface area (Å²) in [6.07, 6.45) is 0. The Hall–Kier alpha value is -1.86. The van der Waals surface area contributed by atoms with Gasteiger partial charge in [-0.1, -0.05) is 11.2 Å². The second kappa shape index (κ2) is 6.94. The molecular weight excluding hydrogens is 314 g/mol. The maximum Gasteiger partial charge on any atom is 0.243 e. The third kappa shape index (κ3) is 3.47. The van der Waals surface area contributed by atoms with E-state index in [0.717, 1.165) is 31.7 Å². The molecule has 5 nitrogen and oxygen atoms in total. The highest BCUT2D eigenvalue weighted by molar-refractivity contribution is 5.21. The van der Waals surface area contributed by atoms with Gasteiger partial charge in [0.25, 0.3) is 0 Å². The van der Waals surface area contributed by atoms with Gasteiger partial charge in [-0.3, -0.25) is 9.80 Å². The molecule has 1 aliphatic heterocycles. The Kier molecular flexibility index (Phi) is 4.91. The van der Waals surface area contributed by atoms with Crippen LogP contribution in [0.3, 0.4) is 0 Å². The molecule has 0 unspecified atom stereocenters. The maximum atomic E-state index is 13.4. The summed E-state index contributed by atoms with van der Waals surface area (Å²) < 4.78 is 31.8. The summed E-state index contributed by atoms with van der Waals surface area (Å²) in [6.45, 7) is 9.29. The zero-order valence-corrected chi connectivity index (χ0v) is 14.2. The van der Waals surface area contributed by atoms with Crippen molar-refractivity contribution in [2.75, 3.05) is 26.2 Å². The lowest BCUT2D eigenvalue weighted by atomic mass is 10.1. The summed E-state index contributed by atoms with van der Waals surface area (Å²) in [5.41, 5.74) is 0.794. The molecule has 0 amide bonds. The van der Waals surface area contributed by atoms with Crippen LogP contribution in [0.15, 0.2) is 22.7 Å². The van der Waals surface area contributed by atoms with Crippen LogP contribution in [0.5, 0.6) is 0 Å². The van der Waals surface area contributed by atoms with E-state index < -0.39 is 11.6 Å². The zero-order valence-electron chi connectivity index (χ0n) is 14.2. The van der Waals surface area contributed by atoms with E-state index in [1.807, 2.05) is 6.92 Å². The fourth-order valence-electron chi connectivity index (χ4n) is 3.13. The summed E-state index contributed by atoms with van der Waals surface area (Å²) in [7, 11) is 0. The number of nitrogens with zero attached hydrogens (tertiary/aromatic N) is 4. The number of piperazine rings is 1. The van der Waals surface area contributed by atoms with Crippen molar-refractivity contribution in [3.05, 3.63) is 47.1 Å². The van der Waals surface area contributed by atoms with E-state index in [-0.39, 0.29) is 12.1 Å². The van der Waals surface area contributed by atoms with E-state index in [1.165, 1.54) is 12.1 Å². The average molecular weight is 336 g/mol. The van der Waals surface area contributed by atoms with Crippen molar-refractivity contribution in [2.24, 2.45) is 0 Å². The van der Waals surface area contributed by atoms with Gasteiger partial charge < -0.3 is 4.52 Å². The van der Waals surface area contributed by atoms with Gasteiger partial charge >= 0.3 is 0 Å². The normalized spacial score (nSPS) is 19.4. The van der Waals surface area contributed by atoms with Gasteiger partial charge in [0.1, 0.15) is 0 Å². The van der Waals surface area contributed by atoms with Gasteiger partial charge in [0.15, 0.2) is 17.5 Å². The molecule has 1 aromatic carbocycles. The van der Waals surface area contributed by atoms with E-state index >= 15 is 0 Å². The van der Waals surface area contributed by atoms with Crippen molar-refractivity contribution in [3.63, 3.8) is 0 Å². The molecule has 2 aromatic rings. The molecule has 0 bridgehead atoms. The number of aromatic nitrogens is 2. The molecule has 24 heavy (non-hydrogen) atoms. The Morgan fingerprint density at radius 2 is 1.62 bits per heavy atom. The number of hydrogen-bond acceptors (Lipinski definition) is 5. The second-order valence-electron chi connectivity index (χ2n) is 6.28. The number of aryl methyl sites for hydroxylation is 1. The minimum Gasteiger partial charge on any atom is -0.338 e. The molecular formula is C17H22F2N4O. The zero-order chi connectivity index (χ0) is 17.3. The van der Waals surface area contributed by atoms with Crippen molar-refractivity contribution in [1.29, 1.82) is 0 Å². The maximum absolute atomic E-state index is 13.4. The summed E-state index contributed by atoms with van der Waals surface area (Å²) in [5.74, 6) is -0.324.